The Kier molecular flexibility index (Phi) is 6.28. The molecule has 0 aliphatic carbocycles. The van der Waals surface area contributed by atoms with Gasteiger partial charge in [0.2, 0.25) is 17.6 Å². The number of nitrogens with zero attached hydrogens (tertiary/aromatic N) is 4. The van der Waals surface area contributed by atoms with E-state index in [4.69, 9.17) is 14.6 Å². The number of pyridine rings is 1. The summed E-state index contributed by atoms with van der Waals surface area (Å²) < 4.78 is 10.9. The number of fused-ring (bicyclic) bond motifs is 1. The number of ether oxygens (including phenoxy) is 2. The Morgan fingerprint density at radius 3 is 2.97 bits per heavy atom. The molecule has 2 saturated heterocycles. The third kappa shape index (κ3) is 4.44. The maximum atomic E-state index is 13.0. The topological polar surface area (TPSA) is 120 Å². The summed E-state index contributed by atoms with van der Waals surface area (Å²) in [6, 6.07) is 3.69. The molecule has 4 rings (SSSR count). The number of hydrogen-bond donors (Lipinski definition) is 2. The van der Waals surface area contributed by atoms with Gasteiger partial charge in [-0.3, -0.25) is 19.5 Å². The quantitative estimate of drug-likeness (QED) is 0.391. The SMILES string of the molecule is CCOC(=O)C1C(=O)/C(=C/c2c[nH]c3ncccc23)O/C1=N\N1CCN(CCO)CC1. The van der Waals surface area contributed by atoms with E-state index in [1.54, 1.807) is 36.5 Å². The van der Waals surface area contributed by atoms with E-state index in [-0.39, 0.29) is 24.9 Å². The highest BCUT2D eigenvalue weighted by molar-refractivity contribution is 6.27. The van der Waals surface area contributed by atoms with Crippen molar-refractivity contribution >= 4 is 34.8 Å². The maximum Gasteiger partial charge on any atom is 0.326 e. The van der Waals surface area contributed by atoms with Gasteiger partial charge in [0.15, 0.2) is 5.76 Å². The lowest BCUT2D eigenvalue weighted by molar-refractivity contribution is -0.147. The van der Waals surface area contributed by atoms with E-state index >= 15 is 0 Å². The first kappa shape index (κ1) is 21.0. The Balaban J connectivity index is 1.60. The summed E-state index contributed by atoms with van der Waals surface area (Å²) in [6.07, 6.45) is 5.00. The minimum atomic E-state index is -1.22. The van der Waals surface area contributed by atoms with Crippen LogP contribution in [0.25, 0.3) is 17.1 Å². The standard InChI is InChI=1S/C21H25N5O5/c1-2-30-21(29)17-18(28)16(12-14-13-23-19-15(14)4-3-5-22-19)31-20(17)24-26-8-6-25(7-9-26)10-11-27/h3-5,12-13,17,27H,2,6-11H2,1H3,(H,22,23)/b16-12-,24-20-. The van der Waals surface area contributed by atoms with Crippen molar-refractivity contribution in [3.63, 3.8) is 0 Å². The smallest absolute Gasteiger partial charge is 0.326 e. The van der Waals surface area contributed by atoms with Crippen LogP contribution in [0.2, 0.25) is 0 Å². The Labute approximate surface area is 179 Å². The first-order valence-corrected chi connectivity index (χ1v) is 10.3. The Morgan fingerprint density at radius 1 is 1.42 bits per heavy atom. The van der Waals surface area contributed by atoms with Crippen LogP contribution in [0.4, 0.5) is 0 Å². The number of hydrogen-bond acceptors (Lipinski definition) is 9. The van der Waals surface area contributed by atoms with Crippen LogP contribution in [-0.4, -0.2) is 88.6 Å². The number of nitrogens with one attached hydrogen (secondary N) is 1. The Bertz CT molecular complexity index is 1020. The number of aliphatic hydroxyl groups excluding tert-OH is 1. The first-order valence-electron chi connectivity index (χ1n) is 10.3. The predicted molar refractivity (Wildman–Crippen MR) is 113 cm³/mol. The Hall–Kier alpha value is -3.24. The molecule has 31 heavy (non-hydrogen) atoms. The third-order valence-electron chi connectivity index (χ3n) is 5.26. The first-order chi connectivity index (χ1) is 15.1. The number of aromatic nitrogens is 2. The molecular formula is C21H25N5O5. The molecule has 164 valence electrons. The van der Waals surface area contributed by atoms with E-state index in [2.05, 4.69) is 20.0 Å². The monoisotopic (exact) mass is 427 g/mol. The second-order valence-electron chi connectivity index (χ2n) is 7.26. The van der Waals surface area contributed by atoms with Gasteiger partial charge in [-0.05, 0) is 25.1 Å². The number of carbonyl (C=O) groups excluding carboxylic acids is 2. The van der Waals surface area contributed by atoms with Gasteiger partial charge in [0.1, 0.15) is 5.65 Å². The number of H-pyrrole nitrogens is 1. The maximum absolute atomic E-state index is 13.0. The molecule has 2 aromatic heterocycles. The number of piperazine rings is 1. The fourth-order valence-electron chi connectivity index (χ4n) is 3.67. The molecule has 2 fully saturated rings. The second kappa shape index (κ2) is 9.27. The zero-order chi connectivity index (χ0) is 21.8. The van der Waals surface area contributed by atoms with Crippen LogP contribution < -0.4 is 0 Å². The highest BCUT2D eigenvalue weighted by Gasteiger charge is 2.45. The molecule has 1 unspecified atom stereocenters. The van der Waals surface area contributed by atoms with Crippen molar-refractivity contribution in [2.45, 2.75) is 6.92 Å². The lowest BCUT2D eigenvalue weighted by Crippen LogP contribution is -2.45. The number of aromatic amines is 1. The van der Waals surface area contributed by atoms with Crippen molar-refractivity contribution in [3.05, 3.63) is 35.8 Å². The van der Waals surface area contributed by atoms with Gasteiger partial charge >= 0.3 is 5.97 Å². The van der Waals surface area contributed by atoms with Gasteiger partial charge in [-0.1, -0.05) is 0 Å². The second-order valence-corrected chi connectivity index (χ2v) is 7.26. The van der Waals surface area contributed by atoms with E-state index < -0.39 is 17.7 Å². The molecule has 2 aromatic rings. The highest BCUT2D eigenvalue weighted by atomic mass is 16.5. The van der Waals surface area contributed by atoms with E-state index in [9.17, 15) is 9.59 Å². The van der Waals surface area contributed by atoms with Crippen molar-refractivity contribution in [3.8, 4) is 0 Å². The molecule has 2 aliphatic heterocycles. The summed E-state index contributed by atoms with van der Waals surface area (Å²) in [5, 5.41) is 16.2. The third-order valence-corrected chi connectivity index (χ3v) is 5.26. The average Bonchev–Trinajstić information content (AvgIpc) is 3.31. The van der Waals surface area contributed by atoms with E-state index in [1.165, 1.54) is 0 Å². The summed E-state index contributed by atoms with van der Waals surface area (Å²) in [5.74, 6) is -2.29. The van der Waals surface area contributed by atoms with Crippen molar-refractivity contribution in [2.75, 3.05) is 45.9 Å². The molecule has 0 amide bonds. The zero-order valence-corrected chi connectivity index (χ0v) is 17.3. The van der Waals surface area contributed by atoms with Gasteiger partial charge in [-0.25, -0.2) is 4.98 Å². The molecule has 0 spiro atoms. The summed E-state index contributed by atoms with van der Waals surface area (Å²) in [4.78, 5) is 34.9. The molecule has 1 atom stereocenters. The summed E-state index contributed by atoms with van der Waals surface area (Å²) >= 11 is 0. The molecule has 2 N–H and O–H groups in total. The largest absolute Gasteiger partial charge is 0.465 e. The highest BCUT2D eigenvalue weighted by Crippen LogP contribution is 2.28. The molecule has 10 nitrogen and oxygen atoms in total. The molecule has 10 heteroatoms. The number of Topliss-reactive ketones (excluding diaryl/α,β-unsaturated/α-hetero) is 1. The van der Waals surface area contributed by atoms with Crippen LogP contribution >= 0.6 is 0 Å². The fraction of sp³-hybridized carbons (Fsp3) is 0.429. The lowest BCUT2D eigenvalue weighted by Gasteiger charge is -2.32. The van der Waals surface area contributed by atoms with Crippen LogP contribution in [0.5, 0.6) is 0 Å². The molecule has 0 bridgehead atoms. The molecule has 0 saturated carbocycles. The van der Waals surface area contributed by atoms with Crippen LogP contribution in [0.15, 0.2) is 35.4 Å². The molecular weight excluding hydrogens is 402 g/mol. The van der Waals surface area contributed by atoms with Gasteiger partial charge in [0.25, 0.3) is 0 Å². The van der Waals surface area contributed by atoms with Crippen molar-refractivity contribution in [1.29, 1.82) is 0 Å². The van der Waals surface area contributed by atoms with Crippen molar-refractivity contribution < 1.29 is 24.2 Å². The van der Waals surface area contributed by atoms with E-state index in [0.29, 0.717) is 25.3 Å². The summed E-state index contributed by atoms with van der Waals surface area (Å²) in [7, 11) is 0. The van der Waals surface area contributed by atoms with Crippen LogP contribution in [0.3, 0.4) is 0 Å². The number of esters is 1. The molecule has 0 radical (unpaired) electrons. The number of rotatable bonds is 6. The van der Waals surface area contributed by atoms with E-state index in [1.807, 2.05) is 6.07 Å². The van der Waals surface area contributed by atoms with Crippen LogP contribution in [0, 0.1) is 5.92 Å². The molecule has 0 aromatic carbocycles. The number of hydrazone groups is 1. The van der Waals surface area contributed by atoms with Gasteiger partial charge in [-0.2, -0.15) is 0 Å². The lowest BCUT2D eigenvalue weighted by atomic mass is 10.0. The van der Waals surface area contributed by atoms with Crippen molar-refractivity contribution in [1.82, 2.24) is 19.9 Å². The molecule has 4 heterocycles. The normalized spacial score (nSPS) is 22.5. The number of carbonyl (C=O) groups is 2. The number of ketones is 1. The van der Waals surface area contributed by atoms with Gasteiger partial charge < -0.3 is 19.6 Å². The summed E-state index contributed by atoms with van der Waals surface area (Å²) in [6.45, 7) is 5.20. The number of β-amino-alcohol motifs (C(OH)–C–C–N with tert-alkyl or cyclic N) is 1. The van der Waals surface area contributed by atoms with Gasteiger partial charge in [-0.15, -0.1) is 5.10 Å². The zero-order valence-electron chi connectivity index (χ0n) is 17.3. The van der Waals surface area contributed by atoms with E-state index in [0.717, 1.165) is 24.0 Å². The average molecular weight is 427 g/mol. The predicted octanol–water partition coefficient (Wildman–Crippen LogP) is 0.606. The molecule has 2 aliphatic rings. The van der Waals surface area contributed by atoms with Gasteiger partial charge in [0, 0.05) is 56.1 Å². The Morgan fingerprint density at radius 2 is 2.23 bits per heavy atom. The van der Waals surface area contributed by atoms with Crippen molar-refractivity contribution in [2.24, 2.45) is 11.0 Å². The minimum absolute atomic E-state index is 0.0308. The van der Waals surface area contributed by atoms with Crippen LogP contribution in [-0.2, 0) is 19.1 Å². The number of aliphatic hydroxyl groups is 1. The summed E-state index contributed by atoms with van der Waals surface area (Å²) in [5.41, 5.74) is 1.42. The van der Waals surface area contributed by atoms with Gasteiger partial charge in [0.05, 0.1) is 13.2 Å². The number of allylic oxidation sites excluding steroid dienone is 1. The van der Waals surface area contributed by atoms with Crippen LogP contribution in [0.1, 0.15) is 12.5 Å². The fourth-order valence-corrected chi connectivity index (χ4v) is 3.67. The minimum Gasteiger partial charge on any atom is -0.465 e.